The molecule has 0 amide bonds. The van der Waals surface area contributed by atoms with E-state index in [1.165, 1.54) is 0 Å². The molecule has 2 heterocycles. The molecule has 0 bridgehead atoms. The largest absolute Gasteiger partial charge is 0.462 e. The quantitative estimate of drug-likeness (QED) is 0.611. The molecule has 7 nitrogen and oxygen atoms in total. The predicted molar refractivity (Wildman–Crippen MR) is 83.4 cm³/mol. The van der Waals surface area contributed by atoms with Gasteiger partial charge in [0.2, 0.25) is 0 Å². The van der Waals surface area contributed by atoms with Gasteiger partial charge in [-0.15, -0.1) is 0 Å². The molecule has 21 heavy (non-hydrogen) atoms. The Labute approximate surface area is 124 Å². The van der Waals surface area contributed by atoms with Crippen LogP contribution in [0.3, 0.4) is 0 Å². The summed E-state index contributed by atoms with van der Waals surface area (Å²) < 4.78 is 7.20. The Kier molecular flexibility index (Phi) is 4.95. The highest BCUT2D eigenvalue weighted by atomic mass is 16.5. The zero-order valence-corrected chi connectivity index (χ0v) is 12.9. The number of hydrogen-bond acceptors (Lipinski definition) is 6. The topological polar surface area (TPSA) is 85.7 Å². The molecular formula is C14H23N5O2. The first-order valence-corrected chi connectivity index (χ1v) is 7.24. The van der Waals surface area contributed by atoms with Gasteiger partial charge in [-0.3, -0.25) is 14.4 Å². The van der Waals surface area contributed by atoms with Crippen molar-refractivity contribution in [3.63, 3.8) is 0 Å². The van der Waals surface area contributed by atoms with Crippen molar-refractivity contribution in [3.05, 3.63) is 15.9 Å². The summed E-state index contributed by atoms with van der Waals surface area (Å²) in [5.74, 6) is 0.394. The number of aliphatic imine (C=N–C) groups is 1. The van der Waals surface area contributed by atoms with Crippen molar-refractivity contribution < 1.29 is 4.74 Å². The maximum Gasteiger partial charge on any atom is 0.301 e. The van der Waals surface area contributed by atoms with Crippen LogP contribution in [-0.2, 0) is 0 Å². The number of anilines is 1. The fourth-order valence-electron chi connectivity index (χ4n) is 2.30. The summed E-state index contributed by atoms with van der Waals surface area (Å²) in [5, 5.41) is 0. The zero-order valence-electron chi connectivity index (χ0n) is 12.9. The second-order valence-electron chi connectivity index (χ2n) is 5.43. The van der Waals surface area contributed by atoms with Gasteiger partial charge in [-0.05, 0) is 33.5 Å². The Hall–Kier alpha value is -1.89. The highest BCUT2D eigenvalue weighted by Gasteiger charge is 2.26. The van der Waals surface area contributed by atoms with E-state index >= 15 is 0 Å². The Balaban J connectivity index is 2.17. The van der Waals surface area contributed by atoms with Gasteiger partial charge in [0.05, 0.1) is 6.04 Å². The third kappa shape index (κ3) is 3.41. The van der Waals surface area contributed by atoms with Crippen LogP contribution in [0.2, 0.25) is 0 Å². The maximum absolute atomic E-state index is 12.0. The number of ether oxygens (including phenoxy) is 1. The van der Waals surface area contributed by atoms with Crippen molar-refractivity contribution in [2.24, 2.45) is 4.99 Å². The molecule has 0 fully saturated rings. The van der Waals surface area contributed by atoms with Gasteiger partial charge in [0.15, 0.2) is 0 Å². The fraction of sp³-hybridized carbons (Fsp3) is 0.643. The molecule has 2 N–H and O–H groups in total. The Morgan fingerprint density at radius 1 is 1.57 bits per heavy atom. The fourth-order valence-corrected chi connectivity index (χ4v) is 2.30. The van der Waals surface area contributed by atoms with Crippen LogP contribution in [0.15, 0.2) is 9.79 Å². The summed E-state index contributed by atoms with van der Waals surface area (Å²) >= 11 is 0. The lowest BCUT2D eigenvalue weighted by atomic mass is 10.2. The van der Waals surface area contributed by atoms with Crippen molar-refractivity contribution in [2.45, 2.75) is 25.8 Å². The van der Waals surface area contributed by atoms with Crippen molar-refractivity contribution >= 4 is 12.0 Å². The summed E-state index contributed by atoms with van der Waals surface area (Å²) in [6.45, 7) is 4.18. The molecule has 1 atom stereocenters. The second-order valence-corrected chi connectivity index (χ2v) is 5.43. The maximum atomic E-state index is 12.0. The molecule has 7 heteroatoms. The SMILES string of the molecule is CCC1COc2nc(=O)c(C=NCCCN(C)C)c(N)n21. The van der Waals surface area contributed by atoms with Crippen LogP contribution in [0.1, 0.15) is 31.4 Å². The number of rotatable bonds is 6. The number of aromatic nitrogens is 2. The molecule has 0 aliphatic carbocycles. The molecule has 0 aromatic carbocycles. The van der Waals surface area contributed by atoms with Crippen LogP contribution in [-0.4, -0.2) is 54.5 Å². The molecule has 0 radical (unpaired) electrons. The summed E-state index contributed by atoms with van der Waals surface area (Å²) in [6.07, 6.45) is 3.35. The summed E-state index contributed by atoms with van der Waals surface area (Å²) in [7, 11) is 4.03. The number of fused-ring (bicyclic) bond motifs is 1. The van der Waals surface area contributed by atoms with Gasteiger partial charge in [-0.25, -0.2) is 0 Å². The van der Waals surface area contributed by atoms with Crippen LogP contribution >= 0.6 is 0 Å². The molecule has 1 aliphatic heterocycles. The molecule has 1 unspecified atom stereocenters. The van der Waals surface area contributed by atoms with E-state index in [4.69, 9.17) is 10.5 Å². The van der Waals surface area contributed by atoms with Crippen molar-refractivity contribution in [1.29, 1.82) is 0 Å². The van der Waals surface area contributed by atoms with Crippen LogP contribution in [0.25, 0.3) is 0 Å². The molecule has 0 saturated carbocycles. The van der Waals surface area contributed by atoms with E-state index < -0.39 is 0 Å². The van der Waals surface area contributed by atoms with Crippen LogP contribution < -0.4 is 16.0 Å². The van der Waals surface area contributed by atoms with Crippen LogP contribution in [0, 0.1) is 0 Å². The molecular weight excluding hydrogens is 270 g/mol. The van der Waals surface area contributed by atoms with E-state index in [0.29, 0.717) is 30.5 Å². The highest BCUT2D eigenvalue weighted by Crippen LogP contribution is 2.29. The lowest BCUT2D eigenvalue weighted by Gasteiger charge is -2.13. The highest BCUT2D eigenvalue weighted by molar-refractivity contribution is 5.85. The molecule has 1 aromatic rings. The minimum atomic E-state index is -0.383. The molecule has 0 spiro atoms. The molecule has 1 aromatic heterocycles. The number of hydrogen-bond donors (Lipinski definition) is 1. The van der Waals surface area contributed by atoms with Gasteiger partial charge >= 0.3 is 6.01 Å². The summed E-state index contributed by atoms with van der Waals surface area (Å²) in [6, 6.07) is 0.447. The zero-order chi connectivity index (χ0) is 15.4. The molecule has 116 valence electrons. The predicted octanol–water partition coefficient (Wildman–Crippen LogP) is 0.540. The first-order valence-electron chi connectivity index (χ1n) is 7.24. The average Bonchev–Trinajstić information content (AvgIpc) is 2.84. The minimum Gasteiger partial charge on any atom is -0.462 e. The van der Waals surface area contributed by atoms with Gasteiger partial charge < -0.3 is 15.4 Å². The van der Waals surface area contributed by atoms with Crippen LogP contribution in [0.5, 0.6) is 6.01 Å². The monoisotopic (exact) mass is 293 g/mol. The first-order chi connectivity index (χ1) is 10.0. The van der Waals surface area contributed by atoms with E-state index in [9.17, 15) is 4.79 Å². The van der Waals surface area contributed by atoms with Gasteiger partial charge in [0.1, 0.15) is 18.0 Å². The summed E-state index contributed by atoms with van der Waals surface area (Å²) in [4.78, 5) is 22.3. The van der Waals surface area contributed by atoms with Gasteiger partial charge in [-0.2, -0.15) is 4.98 Å². The van der Waals surface area contributed by atoms with E-state index in [0.717, 1.165) is 19.4 Å². The molecule has 2 rings (SSSR count). The lowest BCUT2D eigenvalue weighted by Crippen LogP contribution is -2.22. The number of nitrogens with zero attached hydrogens (tertiary/aromatic N) is 4. The van der Waals surface area contributed by atoms with Crippen molar-refractivity contribution in [2.75, 3.05) is 39.5 Å². The first kappa shape index (κ1) is 15.5. The van der Waals surface area contributed by atoms with Crippen LogP contribution in [0.4, 0.5) is 5.82 Å². The third-order valence-corrected chi connectivity index (χ3v) is 3.52. The Morgan fingerprint density at radius 2 is 2.33 bits per heavy atom. The van der Waals surface area contributed by atoms with Crippen molar-refractivity contribution in [3.8, 4) is 6.01 Å². The standard InChI is InChI=1S/C14H23N5O2/c1-4-10-9-21-14-17-13(20)11(12(15)19(10)14)8-16-6-5-7-18(2)3/h8,10H,4-7,9,15H2,1-3H3. The van der Waals surface area contributed by atoms with Gasteiger partial charge in [0, 0.05) is 12.8 Å². The second kappa shape index (κ2) is 6.71. The van der Waals surface area contributed by atoms with E-state index in [1.54, 1.807) is 10.8 Å². The van der Waals surface area contributed by atoms with E-state index in [1.807, 2.05) is 14.1 Å². The third-order valence-electron chi connectivity index (χ3n) is 3.52. The normalized spacial score (nSPS) is 17.4. The van der Waals surface area contributed by atoms with Gasteiger partial charge in [0.25, 0.3) is 5.56 Å². The number of nitrogen functional groups attached to an aromatic ring is 1. The molecule has 1 aliphatic rings. The Bertz CT molecular complexity index is 579. The van der Waals surface area contributed by atoms with E-state index in [-0.39, 0.29) is 11.6 Å². The van der Waals surface area contributed by atoms with Crippen molar-refractivity contribution in [1.82, 2.24) is 14.5 Å². The Morgan fingerprint density at radius 3 is 3.00 bits per heavy atom. The van der Waals surface area contributed by atoms with Gasteiger partial charge in [-0.1, -0.05) is 6.92 Å². The summed E-state index contributed by atoms with van der Waals surface area (Å²) in [5.41, 5.74) is 6.08. The smallest absolute Gasteiger partial charge is 0.301 e. The average molecular weight is 293 g/mol. The molecule has 0 saturated heterocycles. The lowest BCUT2D eigenvalue weighted by molar-refractivity contribution is 0.316. The minimum absolute atomic E-state index is 0.133. The van der Waals surface area contributed by atoms with E-state index in [2.05, 4.69) is 21.8 Å². The number of nitrogens with two attached hydrogens (primary N) is 1.